The molecule has 2 N–H and O–H groups in total. The van der Waals surface area contributed by atoms with Gasteiger partial charge in [0.1, 0.15) is 11.6 Å². The normalized spacial score (nSPS) is 19.0. The van der Waals surface area contributed by atoms with E-state index in [9.17, 15) is 9.59 Å². The van der Waals surface area contributed by atoms with Gasteiger partial charge in [0.05, 0.1) is 24.5 Å². The number of furan rings is 1. The lowest BCUT2D eigenvalue weighted by Gasteiger charge is -2.36. The maximum absolute atomic E-state index is 12.7. The third-order valence-electron chi connectivity index (χ3n) is 5.41. The summed E-state index contributed by atoms with van der Waals surface area (Å²) < 4.78 is 10.8. The second kappa shape index (κ2) is 9.62. The Kier molecular flexibility index (Phi) is 6.48. The fraction of sp³-hybridized carbons (Fsp3) is 0.476. The molecule has 0 aromatic carbocycles. The number of nitrogens with one attached hydrogen (secondary N) is 2. The zero-order chi connectivity index (χ0) is 20.8. The Labute approximate surface area is 175 Å². The Morgan fingerprint density at radius 2 is 2.00 bits per heavy atom. The Bertz CT molecular complexity index is 843. The van der Waals surface area contributed by atoms with Crippen LogP contribution in [-0.2, 0) is 11.3 Å². The Morgan fingerprint density at radius 1 is 1.13 bits per heavy atom. The smallest absolute Gasteiger partial charge is 0.317 e. The van der Waals surface area contributed by atoms with Crippen LogP contribution in [0.15, 0.2) is 41.1 Å². The first kappa shape index (κ1) is 20.2. The molecule has 9 heteroatoms. The van der Waals surface area contributed by atoms with E-state index in [2.05, 4.69) is 20.5 Å². The minimum Gasteiger partial charge on any atom is -0.467 e. The quantitative estimate of drug-likeness (QED) is 0.747. The van der Waals surface area contributed by atoms with E-state index < -0.39 is 0 Å². The van der Waals surface area contributed by atoms with Gasteiger partial charge in [-0.2, -0.15) is 0 Å². The van der Waals surface area contributed by atoms with E-state index in [1.165, 1.54) is 0 Å². The average molecular weight is 413 g/mol. The number of piperazine rings is 1. The highest BCUT2D eigenvalue weighted by atomic mass is 16.5. The van der Waals surface area contributed by atoms with E-state index in [4.69, 9.17) is 9.15 Å². The summed E-state index contributed by atoms with van der Waals surface area (Å²) in [7, 11) is 0. The molecule has 0 saturated carbocycles. The Balaban J connectivity index is 1.30. The first-order valence-corrected chi connectivity index (χ1v) is 10.4. The van der Waals surface area contributed by atoms with Gasteiger partial charge in [0.25, 0.3) is 5.91 Å². The zero-order valence-corrected chi connectivity index (χ0v) is 16.9. The van der Waals surface area contributed by atoms with E-state index in [-0.39, 0.29) is 18.0 Å². The third-order valence-corrected chi connectivity index (χ3v) is 5.41. The summed E-state index contributed by atoms with van der Waals surface area (Å²) in [4.78, 5) is 33.4. The van der Waals surface area contributed by atoms with Crippen LogP contribution >= 0.6 is 0 Å². The van der Waals surface area contributed by atoms with Crippen LogP contribution < -0.4 is 15.5 Å². The van der Waals surface area contributed by atoms with Gasteiger partial charge in [-0.15, -0.1) is 0 Å². The van der Waals surface area contributed by atoms with Crippen LogP contribution in [0.4, 0.5) is 10.6 Å². The van der Waals surface area contributed by atoms with Gasteiger partial charge in [0.15, 0.2) is 0 Å². The number of carbonyl (C=O) groups is 2. The number of hydrogen-bond donors (Lipinski definition) is 2. The number of hydrogen-bond acceptors (Lipinski definition) is 6. The minimum atomic E-state index is -0.146. The lowest BCUT2D eigenvalue weighted by atomic mass is 10.2. The number of anilines is 1. The molecule has 9 nitrogen and oxygen atoms in total. The van der Waals surface area contributed by atoms with Crippen LogP contribution in [0.3, 0.4) is 0 Å². The fourth-order valence-corrected chi connectivity index (χ4v) is 3.74. The third kappa shape index (κ3) is 4.91. The van der Waals surface area contributed by atoms with Gasteiger partial charge in [-0.3, -0.25) is 4.79 Å². The molecule has 30 heavy (non-hydrogen) atoms. The number of nitrogens with zero attached hydrogens (tertiary/aromatic N) is 3. The van der Waals surface area contributed by atoms with Crippen molar-refractivity contribution in [1.29, 1.82) is 0 Å². The van der Waals surface area contributed by atoms with Gasteiger partial charge in [-0.25, -0.2) is 9.78 Å². The number of ether oxygens (including phenoxy) is 1. The predicted molar refractivity (Wildman–Crippen MR) is 110 cm³/mol. The van der Waals surface area contributed by atoms with Crippen molar-refractivity contribution in [3.63, 3.8) is 0 Å². The molecule has 1 unspecified atom stereocenters. The molecule has 3 amide bonds. The van der Waals surface area contributed by atoms with Crippen LogP contribution in [-0.4, -0.2) is 67.3 Å². The van der Waals surface area contributed by atoms with Crippen molar-refractivity contribution in [2.75, 3.05) is 44.2 Å². The molecular weight excluding hydrogens is 386 g/mol. The monoisotopic (exact) mass is 413 g/mol. The minimum absolute atomic E-state index is 0.0947. The standard InChI is InChI=1S/C21H27N5O4/c27-20(23-14-16-4-2-12-29-16)18-6-1-7-22-19(18)25-8-10-26(11-9-25)21(28)24-15-17-5-3-13-30-17/h1,3,5-7,13,16H,2,4,8-12,14-15H2,(H,23,27)(H,24,28). The maximum Gasteiger partial charge on any atom is 0.317 e. The molecule has 0 radical (unpaired) electrons. The van der Waals surface area contributed by atoms with Crippen LogP contribution in [0.1, 0.15) is 29.0 Å². The summed E-state index contributed by atoms with van der Waals surface area (Å²) in [5, 5.41) is 5.83. The number of rotatable bonds is 6. The van der Waals surface area contributed by atoms with Gasteiger partial charge in [-0.05, 0) is 37.1 Å². The molecule has 4 heterocycles. The lowest BCUT2D eigenvalue weighted by Crippen LogP contribution is -2.52. The lowest BCUT2D eigenvalue weighted by molar-refractivity contribution is 0.0857. The second-order valence-electron chi connectivity index (χ2n) is 7.43. The van der Waals surface area contributed by atoms with Crippen molar-refractivity contribution in [3.8, 4) is 0 Å². The van der Waals surface area contributed by atoms with Crippen LogP contribution in [0.2, 0.25) is 0 Å². The summed E-state index contributed by atoms with van der Waals surface area (Å²) in [5.41, 5.74) is 0.547. The number of amides is 3. The molecule has 1 atom stereocenters. The molecule has 2 aliphatic rings. The highest BCUT2D eigenvalue weighted by Crippen LogP contribution is 2.19. The maximum atomic E-state index is 12.7. The molecule has 4 rings (SSSR count). The van der Waals surface area contributed by atoms with Gasteiger partial charge >= 0.3 is 6.03 Å². The Morgan fingerprint density at radius 3 is 2.73 bits per heavy atom. The van der Waals surface area contributed by atoms with Crippen molar-refractivity contribution in [1.82, 2.24) is 20.5 Å². The van der Waals surface area contributed by atoms with E-state index in [0.29, 0.717) is 56.4 Å². The Hall–Kier alpha value is -3.07. The molecule has 2 fully saturated rings. The number of urea groups is 1. The van der Waals surface area contributed by atoms with E-state index in [1.807, 2.05) is 6.07 Å². The van der Waals surface area contributed by atoms with Gasteiger partial charge in [0.2, 0.25) is 0 Å². The summed E-state index contributed by atoms with van der Waals surface area (Å²) in [6, 6.07) is 7.05. The van der Waals surface area contributed by atoms with Gasteiger partial charge in [0, 0.05) is 45.5 Å². The molecule has 0 aliphatic carbocycles. The number of carbonyl (C=O) groups excluding carboxylic acids is 2. The molecule has 2 saturated heterocycles. The molecule has 2 aliphatic heterocycles. The van der Waals surface area contributed by atoms with Crippen LogP contribution in [0.25, 0.3) is 0 Å². The van der Waals surface area contributed by atoms with Crippen molar-refractivity contribution in [3.05, 3.63) is 48.0 Å². The summed E-state index contributed by atoms with van der Waals surface area (Å²) in [6.45, 7) is 3.96. The van der Waals surface area contributed by atoms with Crippen molar-refractivity contribution >= 4 is 17.8 Å². The molecule has 2 aromatic rings. The average Bonchev–Trinajstić information content (AvgIpc) is 3.50. The van der Waals surface area contributed by atoms with E-state index in [0.717, 1.165) is 19.4 Å². The van der Waals surface area contributed by atoms with Crippen molar-refractivity contribution in [2.24, 2.45) is 0 Å². The number of pyridine rings is 1. The fourth-order valence-electron chi connectivity index (χ4n) is 3.74. The molecule has 0 bridgehead atoms. The van der Waals surface area contributed by atoms with Crippen LogP contribution in [0.5, 0.6) is 0 Å². The van der Waals surface area contributed by atoms with Crippen LogP contribution in [0, 0.1) is 0 Å². The second-order valence-corrected chi connectivity index (χ2v) is 7.43. The first-order chi connectivity index (χ1) is 14.7. The zero-order valence-electron chi connectivity index (χ0n) is 16.9. The molecule has 160 valence electrons. The van der Waals surface area contributed by atoms with E-state index in [1.54, 1.807) is 35.6 Å². The highest BCUT2D eigenvalue weighted by Gasteiger charge is 2.25. The van der Waals surface area contributed by atoms with Gasteiger partial charge in [-0.1, -0.05) is 0 Å². The molecule has 2 aromatic heterocycles. The molecule has 0 spiro atoms. The topological polar surface area (TPSA) is 99.9 Å². The first-order valence-electron chi connectivity index (χ1n) is 10.4. The summed E-state index contributed by atoms with van der Waals surface area (Å²) >= 11 is 0. The van der Waals surface area contributed by atoms with Crippen molar-refractivity contribution < 1.29 is 18.7 Å². The predicted octanol–water partition coefficient (Wildman–Crippen LogP) is 1.62. The number of aromatic nitrogens is 1. The van der Waals surface area contributed by atoms with Gasteiger partial charge < -0.3 is 29.6 Å². The largest absolute Gasteiger partial charge is 0.467 e. The van der Waals surface area contributed by atoms with Crippen molar-refractivity contribution in [2.45, 2.75) is 25.5 Å². The molecular formula is C21H27N5O4. The SMILES string of the molecule is O=C(NCC1CCCO1)c1cccnc1N1CCN(C(=O)NCc2ccco2)CC1. The summed E-state index contributed by atoms with van der Waals surface area (Å²) in [6.07, 6.45) is 5.38. The summed E-state index contributed by atoms with van der Waals surface area (Å²) in [5.74, 6) is 1.22. The highest BCUT2D eigenvalue weighted by molar-refractivity contribution is 5.99. The van der Waals surface area contributed by atoms with E-state index >= 15 is 0 Å².